The lowest BCUT2D eigenvalue weighted by Gasteiger charge is -2.51. The summed E-state index contributed by atoms with van der Waals surface area (Å²) in [6.45, 7) is 2.73. The van der Waals surface area contributed by atoms with E-state index >= 15 is 0 Å². The number of halogens is 4. The molecule has 228 valence electrons. The van der Waals surface area contributed by atoms with E-state index < -0.39 is 18.2 Å². The van der Waals surface area contributed by atoms with Crippen molar-refractivity contribution < 1.29 is 51.4 Å². The number of aliphatic carboxylic acids is 1. The van der Waals surface area contributed by atoms with Crippen molar-refractivity contribution in [1.29, 1.82) is 0 Å². The molecule has 3 saturated heterocycles. The van der Waals surface area contributed by atoms with Gasteiger partial charge in [0.15, 0.2) is 12.1 Å². The molecular formula is C31H30F4N2O6. The van der Waals surface area contributed by atoms with E-state index in [0.29, 0.717) is 28.8 Å². The molecule has 0 unspecified atom stereocenters. The normalized spacial score (nSPS) is 21.6. The van der Waals surface area contributed by atoms with Gasteiger partial charge in [-0.1, -0.05) is 30.3 Å². The van der Waals surface area contributed by atoms with Crippen LogP contribution in [0.15, 0.2) is 78.9 Å². The van der Waals surface area contributed by atoms with Gasteiger partial charge in [-0.05, 0) is 54.1 Å². The Bertz CT molecular complexity index is 1410. The average molecular weight is 603 g/mol. The fourth-order valence-corrected chi connectivity index (χ4v) is 5.47. The number of hydrogen-bond acceptors (Lipinski definition) is 7. The van der Waals surface area contributed by atoms with Crippen molar-refractivity contribution in [2.24, 2.45) is 5.92 Å². The Morgan fingerprint density at radius 3 is 2.09 bits per heavy atom. The third-order valence-corrected chi connectivity index (χ3v) is 7.73. The maximum Gasteiger partial charge on any atom is 0.430 e. The number of hydrogen-bond donors (Lipinski definition) is 2. The molecule has 0 saturated carbocycles. The molecule has 3 aliphatic heterocycles. The Morgan fingerprint density at radius 2 is 1.53 bits per heavy atom. The number of anilines is 1. The molecule has 3 aliphatic rings. The number of ether oxygens (including phenoxy) is 1. The van der Waals surface area contributed by atoms with E-state index in [-0.39, 0.29) is 35.3 Å². The van der Waals surface area contributed by atoms with Crippen molar-refractivity contribution in [3.63, 3.8) is 0 Å². The fourth-order valence-electron chi connectivity index (χ4n) is 5.47. The first-order chi connectivity index (χ1) is 20.3. The summed E-state index contributed by atoms with van der Waals surface area (Å²) in [6, 6.07) is 20.9. The van der Waals surface area contributed by atoms with Crippen LogP contribution in [-0.2, 0) is 14.3 Å². The molecule has 6 rings (SSSR count). The average Bonchev–Trinajstić information content (AvgIpc) is 2.98. The van der Waals surface area contributed by atoms with E-state index in [4.69, 9.17) is 14.6 Å². The highest BCUT2D eigenvalue weighted by molar-refractivity contribution is 5.97. The Balaban J connectivity index is 0.000000541. The molecule has 3 heterocycles. The van der Waals surface area contributed by atoms with Crippen LogP contribution in [0.5, 0.6) is 5.75 Å². The van der Waals surface area contributed by atoms with Gasteiger partial charge in [0, 0.05) is 30.0 Å². The number of carbonyl (C=O) groups excluding carboxylic acids is 3. The van der Waals surface area contributed by atoms with E-state index in [9.17, 15) is 32.3 Å². The minimum atomic E-state index is -5.19. The summed E-state index contributed by atoms with van der Waals surface area (Å²) in [5.41, 5.74) is 1.97. The number of phenols is 1. The van der Waals surface area contributed by atoms with E-state index in [1.165, 1.54) is 24.3 Å². The number of piperidine rings is 3. The molecule has 8 nitrogen and oxygen atoms in total. The highest BCUT2D eigenvalue weighted by Gasteiger charge is 2.49. The van der Waals surface area contributed by atoms with Crippen molar-refractivity contribution in [3.8, 4) is 5.75 Å². The van der Waals surface area contributed by atoms with E-state index in [0.717, 1.165) is 31.5 Å². The van der Waals surface area contributed by atoms with Gasteiger partial charge < -0.3 is 29.5 Å². The van der Waals surface area contributed by atoms with Gasteiger partial charge in [-0.15, -0.1) is 0 Å². The number of Topliss-reactive ketones (excluding diaryl/α,β-unsaturated/α-hetero) is 1. The van der Waals surface area contributed by atoms with E-state index in [2.05, 4.69) is 5.32 Å². The van der Waals surface area contributed by atoms with Gasteiger partial charge in [-0.3, -0.25) is 4.79 Å². The van der Waals surface area contributed by atoms with Crippen molar-refractivity contribution in [1.82, 2.24) is 0 Å². The number of alkyl halides is 3. The van der Waals surface area contributed by atoms with Gasteiger partial charge in [0.25, 0.3) is 0 Å². The SMILES string of the molecule is O=C(C[N+]12CCC(CC1)[C@@H](OC(=O)[C@@H](Nc1ccc(F)cc1)c1ccccc1)C2)c1ccc(O)cc1.O=C([O-])C(F)(F)F. The van der Waals surface area contributed by atoms with Crippen LogP contribution in [0.1, 0.15) is 34.8 Å². The molecule has 12 heteroatoms. The molecule has 0 spiro atoms. The molecule has 2 atom stereocenters. The summed E-state index contributed by atoms with van der Waals surface area (Å²) in [7, 11) is 0. The van der Waals surface area contributed by atoms with Crippen molar-refractivity contribution >= 4 is 23.4 Å². The number of carboxylic acid groups (broad SMARTS) is 1. The molecule has 0 radical (unpaired) electrons. The fraction of sp³-hybridized carbons (Fsp3) is 0.323. The molecule has 43 heavy (non-hydrogen) atoms. The Morgan fingerprint density at radius 1 is 0.953 bits per heavy atom. The Kier molecular flexibility index (Phi) is 9.70. The first-order valence-electron chi connectivity index (χ1n) is 13.6. The molecule has 0 amide bonds. The van der Waals surface area contributed by atoms with Gasteiger partial charge >= 0.3 is 12.1 Å². The summed E-state index contributed by atoms with van der Waals surface area (Å²) in [5.74, 6) is -3.30. The zero-order chi connectivity index (χ0) is 31.2. The van der Waals surface area contributed by atoms with Crippen LogP contribution < -0.4 is 10.4 Å². The van der Waals surface area contributed by atoms with Crippen molar-refractivity contribution in [2.45, 2.75) is 31.2 Å². The number of nitrogens with zero attached hydrogens (tertiary/aromatic N) is 1. The minimum absolute atomic E-state index is 0.0283. The second-order valence-corrected chi connectivity index (χ2v) is 10.7. The number of ketones is 1. The minimum Gasteiger partial charge on any atom is -0.542 e. The number of aromatic hydroxyl groups is 1. The first kappa shape index (κ1) is 31.5. The number of esters is 1. The van der Waals surface area contributed by atoms with Crippen molar-refractivity contribution in [3.05, 3.63) is 95.8 Å². The number of fused-ring (bicyclic) bond motifs is 3. The largest absolute Gasteiger partial charge is 0.542 e. The van der Waals surface area contributed by atoms with Crippen LogP contribution in [0.25, 0.3) is 0 Å². The smallest absolute Gasteiger partial charge is 0.430 e. The highest BCUT2D eigenvalue weighted by atomic mass is 19.4. The molecule has 3 aromatic rings. The molecule has 3 fully saturated rings. The van der Waals surface area contributed by atoms with Gasteiger partial charge in [0.2, 0.25) is 5.78 Å². The summed E-state index contributed by atoms with van der Waals surface area (Å²) in [4.78, 5) is 35.3. The Labute approximate surface area is 245 Å². The van der Waals surface area contributed by atoms with Crippen LogP contribution in [0.4, 0.5) is 23.2 Å². The van der Waals surface area contributed by atoms with Gasteiger partial charge in [-0.25, -0.2) is 9.18 Å². The van der Waals surface area contributed by atoms with Crippen LogP contribution in [0.2, 0.25) is 0 Å². The summed E-state index contributed by atoms with van der Waals surface area (Å²) >= 11 is 0. The number of phenolic OH excluding ortho intramolecular Hbond substituents is 1. The predicted molar refractivity (Wildman–Crippen MR) is 145 cm³/mol. The predicted octanol–water partition coefficient (Wildman–Crippen LogP) is 4.02. The van der Waals surface area contributed by atoms with Crippen molar-refractivity contribution in [2.75, 3.05) is 31.5 Å². The summed E-state index contributed by atoms with van der Waals surface area (Å²) in [6.07, 6.45) is -3.65. The second kappa shape index (κ2) is 13.2. The number of nitrogens with one attached hydrogen (secondary N) is 1. The van der Waals surface area contributed by atoms with Crippen LogP contribution in [0, 0.1) is 11.7 Å². The number of benzene rings is 3. The number of rotatable bonds is 8. The van der Waals surface area contributed by atoms with E-state index in [1.807, 2.05) is 30.3 Å². The lowest BCUT2D eigenvalue weighted by atomic mass is 9.82. The molecule has 2 bridgehead atoms. The number of quaternary nitrogens is 1. The quantitative estimate of drug-likeness (QED) is 0.173. The molecule has 2 N–H and O–H groups in total. The highest BCUT2D eigenvalue weighted by Crippen LogP contribution is 2.37. The standard InChI is InChI=1S/C29H29FN2O4.C2HF3O2/c30-23-8-10-24(11-9-23)31-28(22-4-2-1-3-5-22)29(35)36-27-19-32(16-14-21(27)15-17-32)18-26(34)20-6-12-25(33)13-7-20;3-2(4,5)1(6)7/h1-13,21,27-28,31H,14-19H2;(H,6,7)/t21?,27-,28-,32?;/m0./s1. The lowest BCUT2D eigenvalue weighted by Crippen LogP contribution is -2.65. The second-order valence-electron chi connectivity index (χ2n) is 10.7. The zero-order valence-electron chi connectivity index (χ0n) is 22.9. The maximum atomic E-state index is 13.5. The van der Waals surface area contributed by atoms with E-state index in [1.54, 1.807) is 24.3 Å². The summed E-state index contributed by atoms with van der Waals surface area (Å²) < 4.78 is 51.7. The number of carbonyl (C=O) groups is 3. The monoisotopic (exact) mass is 602 g/mol. The Hall–Kier alpha value is -4.45. The van der Waals surface area contributed by atoms with Crippen LogP contribution in [-0.4, -0.2) is 65.8 Å². The lowest BCUT2D eigenvalue weighted by molar-refractivity contribution is -0.938. The van der Waals surface area contributed by atoms with Crippen LogP contribution >= 0.6 is 0 Å². The number of carboxylic acids is 1. The van der Waals surface area contributed by atoms with Gasteiger partial charge in [-0.2, -0.15) is 13.2 Å². The molecular weight excluding hydrogens is 572 g/mol. The molecule has 0 aliphatic carbocycles. The summed E-state index contributed by atoms with van der Waals surface area (Å²) in [5, 5.41) is 21.5. The molecule has 3 aromatic carbocycles. The third kappa shape index (κ3) is 8.31. The zero-order valence-corrected chi connectivity index (χ0v) is 22.9. The first-order valence-corrected chi connectivity index (χ1v) is 13.6. The van der Waals surface area contributed by atoms with Crippen LogP contribution in [0.3, 0.4) is 0 Å². The third-order valence-electron chi connectivity index (χ3n) is 7.73. The molecule has 0 aromatic heterocycles. The van der Waals surface area contributed by atoms with Gasteiger partial charge in [0.1, 0.15) is 30.6 Å². The topological polar surface area (TPSA) is 116 Å². The maximum absolute atomic E-state index is 13.5. The van der Waals surface area contributed by atoms with Gasteiger partial charge in [0.05, 0.1) is 13.1 Å².